The van der Waals surface area contributed by atoms with Gasteiger partial charge in [-0.05, 0) is 77.0 Å². The zero-order valence-corrected chi connectivity index (χ0v) is 42.7. The van der Waals surface area contributed by atoms with E-state index in [1.54, 1.807) is 0 Å². The second-order valence-corrected chi connectivity index (χ2v) is 18.7. The Kier molecular flexibility index (Phi) is 37.7. The van der Waals surface area contributed by atoms with Crippen molar-refractivity contribution in [2.24, 2.45) is 0 Å². The molecule has 15 heteroatoms. The number of hydrogen-bond donors (Lipinski definition) is 7. The third kappa shape index (κ3) is 29.0. The second-order valence-electron chi connectivity index (χ2n) is 18.7. The largest absolute Gasteiger partial charge is 0.462 e. The summed E-state index contributed by atoms with van der Waals surface area (Å²) in [7, 11) is 0. The summed E-state index contributed by atoms with van der Waals surface area (Å²) in [6.45, 7) is 2.49. The van der Waals surface area contributed by atoms with E-state index in [9.17, 15) is 45.3 Å². The fourth-order valence-corrected chi connectivity index (χ4v) is 8.03. The molecule has 0 saturated carbocycles. The van der Waals surface area contributed by atoms with Gasteiger partial charge in [-0.2, -0.15) is 0 Å². The fraction of sp³-hybridized carbons (Fsp3) is 0.782. The van der Waals surface area contributed by atoms with Crippen molar-refractivity contribution in [2.45, 2.75) is 248 Å². The first-order valence-corrected chi connectivity index (χ1v) is 26.9. The van der Waals surface area contributed by atoms with Gasteiger partial charge in [0.15, 0.2) is 18.7 Å². The fourth-order valence-electron chi connectivity index (χ4n) is 8.03. The summed E-state index contributed by atoms with van der Waals surface area (Å²) in [5.41, 5.74) is 0. The van der Waals surface area contributed by atoms with E-state index >= 15 is 0 Å². The summed E-state index contributed by atoms with van der Waals surface area (Å²) in [6.07, 6.45) is 31.1. The van der Waals surface area contributed by atoms with Gasteiger partial charge in [0.1, 0.15) is 55.4 Å². The Balaban J connectivity index is 1.83. The van der Waals surface area contributed by atoms with Crippen molar-refractivity contribution in [1.82, 2.24) is 0 Å². The van der Waals surface area contributed by atoms with Crippen molar-refractivity contribution in [2.75, 3.05) is 26.4 Å². The lowest BCUT2D eigenvalue weighted by Crippen LogP contribution is -2.61. The highest BCUT2D eigenvalue weighted by Crippen LogP contribution is 2.26. The minimum Gasteiger partial charge on any atom is -0.462 e. The van der Waals surface area contributed by atoms with Gasteiger partial charge in [-0.1, -0.05) is 152 Å². The summed E-state index contributed by atoms with van der Waals surface area (Å²) in [6, 6.07) is 0. The minimum atomic E-state index is -1.78. The van der Waals surface area contributed by atoms with E-state index in [-0.39, 0.29) is 19.4 Å². The van der Waals surface area contributed by atoms with E-state index in [1.807, 2.05) is 6.08 Å². The van der Waals surface area contributed by atoms with Crippen LogP contribution in [-0.2, 0) is 38.0 Å². The predicted molar refractivity (Wildman–Crippen MR) is 270 cm³/mol. The van der Waals surface area contributed by atoms with E-state index < -0.39 is 99.3 Å². The number of carbonyl (C=O) groups is 2. The van der Waals surface area contributed by atoms with Crippen LogP contribution < -0.4 is 0 Å². The molecule has 0 aromatic heterocycles. The van der Waals surface area contributed by atoms with Crippen LogP contribution in [0.1, 0.15) is 181 Å². The molecule has 0 radical (unpaired) electrons. The van der Waals surface area contributed by atoms with E-state index in [2.05, 4.69) is 68.5 Å². The van der Waals surface area contributed by atoms with Crippen LogP contribution in [-0.4, -0.2) is 142 Å². The van der Waals surface area contributed by atoms with Crippen molar-refractivity contribution in [3.05, 3.63) is 60.8 Å². The maximum atomic E-state index is 13.0. The molecule has 0 spiro atoms. The number of ether oxygens (including phenoxy) is 6. The van der Waals surface area contributed by atoms with E-state index in [0.29, 0.717) is 19.3 Å². The molecule has 0 bridgehead atoms. The number of esters is 2. The third-order valence-corrected chi connectivity index (χ3v) is 12.5. The molecule has 4 unspecified atom stereocenters. The van der Waals surface area contributed by atoms with Crippen LogP contribution in [0.2, 0.25) is 0 Å². The maximum absolute atomic E-state index is 13.0. The first-order valence-electron chi connectivity index (χ1n) is 26.9. The zero-order chi connectivity index (χ0) is 51.0. The van der Waals surface area contributed by atoms with Crippen molar-refractivity contribution >= 4 is 11.9 Å². The zero-order valence-electron chi connectivity index (χ0n) is 42.7. The highest BCUT2D eigenvalue weighted by molar-refractivity contribution is 5.70. The summed E-state index contributed by atoms with van der Waals surface area (Å²) in [4.78, 5) is 25.8. The van der Waals surface area contributed by atoms with Crippen molar-refractivity contribution in [3.63, 3.8) is 0 Å². The molecule has 2 saturated heterocycles. The van der Waals surface area contributed by atoms with Crippen LogP contribution >= 0.6 is 0 Å². The highest BCUT2D eigenvalue weighted by atomic mass is 16.7. The van der Waals surface area contributed by atoms with Crippen molar-refractivity contribution in [3.8, 4) is 0 Å². The Morgan fingerprint density at radius 3 is 1.41 bits per heavy atom. The number of carbonyl (C=O) groups excluding carboxylic acids is 2. The molecule has 0 aromatic rings. The molecule has 70 heavy (non-hydrogen) atoms. The van der Waals surface area contributed by atoms with Crippen molar-refractivity contribution < 1.29 is 73.8 Å². The first-order chi connectivity index (χ1) is 34.0. The molecule has 2 fully saturated rings. The average molecular weight is 995 g/mol. The number of allylic oxidation sites excluding steroid dienone is 10. The second kappa shape index (κ2) is 41.6. The van der Waals surface area contributed by atoms with Gasteiger partial charge in [0.05, 0.1) is 19.8 Å². The molecule has 2 aliphatic rings. The molecule has 0 aliphatic carbocycles. The van der Waals surface area contributed by atoms with Gasteiger partial charge in [-0.25, -0.2) is 0 Å². The number of rotatable bonds is 41. The Labute approximate surface area is 420 Å². The summed E-state index contributed by atoms with van der Waals surface area (Å²) in [5, 5.41) is 72.1. The van der Waals surface area contributed by atoms with E-state index in [1.165, 1.54) is 77.0 Å². The molecule has 0 aromatic carbocycles. The quantitative estimate of drug-likeness (QED) is 0.0175. The van der Waals surface area contributed by atoms with Gasteiger partial charge in [0, 0.05) is 12.8 Å². The Morgan fingerprint density at radius 2 is 0.871 bits per heavy atom. The van der Waals surface area contributed by atoms with Gasteiger partial charge in [-0.3, -0.25) is 9.59 Å². The van der Waals surface area contributed by atoms with Crippen LogP contribution in [0, 0.1) is 0 Å². The van der Waals surface area contributed by atoms with E-state index in [4.69, 9.17) is 28.4 Å². The number of aliphatic hydroxyl groups is 7. The lowest BCUT2D eigenvalue weighted by molar-refractivity contribution is -0.332. The predicted octanol–water partition coefficient (Wildman–Crippen LogP) is 8.05. The Morgan fingerprint density at radius 1 is 0.457 bits per heavy atom. The Hall–Kier alpha value is -2.80. The average Bonchev–Trinajstić information content (AvgIpc) is 3.35. The van der Waals surface area contributed by atoms with Gasteiger partial charge >= 0.3 is 11.9 Å². The number of aliphatic hydroxyl groups excluding tert-OH is 7. The monoisotopic (exact) mass is 995 g/mol. The maximum Gasteiger partial charge on any atom is 0.306 e. The normalized spacial score (nSPS) is 25.8. The standard InChI is InChI=1S/C55H94O15/c1-3-5-7-9-11-13-15-17-19-21-23-25-27-29-31-33-35-37-46(57)65-40-43(68-47(58)38-36-34-32-30-28-26-24-22-20-18-16-14-12-10-8-6-4-2)41-66-54-53(64)51(62)49(60)45(70-54)42-67-55-52(63)50(61)48(59)44(39-56)69-55/h11,13,17,19,23-26,30,32,43-45,48-56,59-64H,3-10,12,14-16,18,20-22,27-29,31,33-42H2,1-2H3/b13-11+,19-17+,25-23+,26-24+,32-30+/t43-,44+,45+,48-,49-,50?,51?,52?,53?,54+,55+/m0/s1. The van der Waals surface area contributed by atoms with Gasteiger partial charge in [0.25, 0.3) is 0 Å². The van der Waals surface area contributed by atoms with Crippen LogP contribution in [0.3, 0.4) is 0 Å². The Bertz CT molecular complexity index is 1450. The molecular weight excluding hydrogens is 901 g/mol. The number of unbranched alkanes of at least 4 members (excludes halogenated alkanes) is 17. The molecule has 404 valence electrons. The minimum absolute atomic E-state index is 0.0940. The van der Waals surface area contributed by atoms with Gasteiger partial charge < -0.3 is 64.2 Å². The lowest BCUT2D eigenvalue weighted by atomic mass is 9.98. The molecule has 0 amide bonds. The van der Waals surface area contributed by atoms with Crippen LogP contribution in [0.25, 0.3) is 0 Å². The molecule has 7 N–H and O–H groups in total. The molecule has 2 heterocycles. The summed E-state index contributed by atoms with van der Waals surface area (Å²) in [5.74, 6) is -1.01. The van der Waals surface area contributed by atoms with Crippen LogP contribution in [0.4, 0.5) is 0 Å². The van der Waals surface area contributed by atoms with E-state index in [0.717, 1.165) is 57.8 Å². The number of hydrogen-bond acceptors (Lipinski definition) is 15. The SMILES string of the molecule is CCCCC/C=C/C/C=C/C/C=C/CCCCCCC(=O)OC[C@@H](CO[C@@H]1O[C@H](CO[C@@H]2O[C@H](CO)[C@H](O)C(O)C2O)[C@H](O)C(O)C1O)OC(=O)CCC/C=C/C/C=C/CCCCCCCCCCC. The topological polar surface area (TPSA) is 231 Å². The highest BCUT2D eigenvalue weighted by Gasteiger charge is 2.47. The molecule has 2 aliphatic heterocycles. The van der Waals surface area contributed by atoms with Gasteiger partial charge in [0.2, 0.25) is 0 Å². The van der Waals surface area contributed by atoms with Crippen LogP contribution in [0.5, 0.6) is 0 Å². The molecule has 2 rings (SSSR count). The van der Waals surface area contributed by atoms with Crippen LogP contribution in [0.15, 0.2) is 60.8 Å². The summed E-state index contributed by atoms with van der Waals surface area (Å²) < 4.78 is 33.5. The molecule has 11 atom stereocenters. The summed E-state index contributed by atoms with van der Waals surface area (Å²) >= 11 is 0. The third-order valence-electron chi connectivity index (χ3n) is 12.5. The lowest BCUT2D eigenvalue weighted by Gasteiger charge is -2.42. The van der Waals surface area contributed by atoms with Gasteiger partial charge in [-0.15, -0.1) is 0 Å². The van der Waals surface area contributed by atoms with Crippen molar-refractivity contribution in [1.29, 1.82) is 0 Å². The molecule has 15 nitrogen and oxygen atoms in total. The smallest absolute Gasteiger partial charge is 0.306 e. The first kappa shape index (κ1) is 63.3. The molecular formula is C55H94O15.